The first kappa shape index (κ1) is 17.5. The molecule has 6 nitrogen and oxygen atoms in total. The molecule has 1 aromatic heterocycles. The largest absolute Gasteiger partial charge is 0.368 e. The lowest BCUT2D eigenvalue weighted by atomic mass is 10.1. The molecule has 0 N–H and O–H groups in total. The van der Waals surface area contributed by atoms with Gasteiger partial charge in [-0.3, -0.25) is 14.6 Å². The summed E-state index contributed by atoms with van der Waals surface area (Å²) in [5.41, 5.74) is 2.24. The van der Waals surface area contributed by atoms with Crippen LogP contribution in [-0.4, -0.2) is 59.3 Å². The number of pyridine rings is 1. The fourth-order valence-corrected chi connectivity index (χ4v) is 3.88. The minimum Gasteiger partial charge on any atom is -0.368 e. The van der Waals surface area contributed by atoms with Gasteiger partial charge in [0.15, 0.2) is 0 Å². The molecule has 2 saturated heterocycles. The van der Waals surface area contributed by atoms with Gasteiger partial charge < -0.3 is 14.7 Å². The van der Waals surface area contributed by atoms with Gasteiger partial charge in [-0.05, 0) is 29.8 Å². The number of rotatable bonds is 4. The second-order valence-corrected chi connectivity index (χ2v) is 7.18. The van der Waals surface area contributed by atoms with Crippen molar-refractivity contribution in [2.24, 2.45) is 5.92 Å². The fourth-order valence-electron chi connectivity index (χ4n) is 3.88. The molecule has 2 fully saturated rings. The predicted octanol–water partition coefficient (Wildman–Crippen LogP) is 1.78. The number of carbonyl (C=O) groups excluding carboxylic acids is 2. The van der Waals surface area contributed by atoms with E-state index >= 15 is 0 Å². The molecular formula is C21H24N4O2. The Bertz CT molecular complexity index is 788. The Hall–Kier alpha value is -2.89. The van der Waals surface area contributed by atoms with Crippen LogP contribution in [0.5, 0.6) is 0 Å². The average Bonchev–Trinajstić information content (AvgIpc) is 3.09. The molecule has 27 heavy (non-hydrogen) atoms. The topological polar surface area (TPSA) is 56.8 Å². The molecule has 2 amide bonds. The van der Waals surface area contributed by atoms with Crippen molar-refractivity contribution in [3.05, 3.63) is 60.4 Å². The van der Waals surface area contributed by atoms with E-state index in [2.05, 4.69) is 22.0 Å². The molecule has 0 saturated carbocycles. The van der Waals surface area contributed by atoms with E-state index in [1.54, 1.807) is 17.3 Å². The van der Waals surface area contributed by atoms with Gasteiger partial charge in [0.25, 0.3) is 0 Å². The number of carbonyl (C=O) groups is 2. The van der Waals surface area contributed by atoms with E-state index in [1.165, 1.54) is 5.69 Å². The smallest absolute Gasteiger partial charge is 0.228 e. The monoisotopic (exact) mass is 364 g/mol. The normalized spacial score (nSPS) is 20.2. The highest BCUT2D eigenvalue weighted by Crippen LogP contribution is 2.23. The van der Waals surface area contributed by atoms with Crippen molar-refractivity contribution in [3.8, 4) is 0 Å². The van der Waals surface area contributed by atoms with Crippen LogP contribution in [0.25, 0.3) is 0 Å². The van der Waals surface area contributed by atoms with Gasteiger partial charge >= 0.3 is 0 Å². The molecule has 0 radical (unpaired) electrons. The van der Waals surface area contributed by atoms with Gasteiger partial charge in [0.05, 0.1) is 5.92 Å². The molecule has 0 aliphatic carbocycles. The minimum absolute atomic E-state index is 0.0630. The number of nitrogens with zero attached hydrogens (tertiary/aromatic N) is 4. The summed E-state index contributed by atoms with van der Waals surface area (Å²) in [6.45, 7) is 4.14. The van der Waals surface area contributed by atoms with Gasteiger partial charge in [-0.1, -0.05) is 18.2 Å². The molecule has 6 heteroatoms. The van der Waals surface area contributed by atoms with Crippen molar-refractivity contribution in [2.75, 3.05) is 37.6 Å². The maximum atomic E-state index is 12.9. The Kier molecular flexibility index (Phi) is 5.05. The van der Waals surface area contributed by atoms with Crippen LogP contribution in [0.3, 0.4) is 0 Å². The van der Waals surface area contributed by atoms with Crippen molar-refractivity contribution in [2.45, 2.75) is 13.0 Å². The van der Waals surface area contributed by atoms with E-state index in [4.69, 9.17) is 0 Å². The van der Waals surface area contributed by atoms with Crippen LogP contribution in [0.1, 0.15) is 12.0 Å². The number of benzene rings is 1. The number of hydrogen-bond donors (Lipinski definition) is 0. The van der Waals surface area contributed by atoms with Gasteiger partial charge in [0.2, 0.25) is 11.8 Å². The number of likely N-dealkylation sites (tertiary alicyclic amines) is 1. The first-order chi connectivity index (χ1) is 13.2. The number of anilines is 1. The summed E-state index contributed by atoms with van der Waals surface area (Å²) >= 11 is 0. The van der Waals surface area contributed by atoms with E-state index in [0.29, 0.717) is 32.6 Å². The molecule has 1 unspecified atom stereocenters. The molecule has 2 aromatic rings. The Labute approximate surface area is 159 Å². The molecular weight excluding hydrogens is 340 g/mol. The zero-order valence-corrected chi connectivity index (χ0v) is 15.3. The lowest BCUT2D eigenvalue weighted by Crippen LogP contribution is -2.50. The van der Waals surface area contributed by atoms with Crippen molar-refractivity contribution >= 4 is 17.5 Å². The van der Waals surface area contributed by atoms with Gasteiger partial charge in [0.1, 0.15) is 0 Å². The number of aromatic nitrogens is 1. The molecule has 2 aliphatic heterocycles. The summed E-state index contributed by atoms with van der Waals surface area (Å²) in [5.74, 6) is -0.0380. The third kappa shape index (κ3) is 3.94. The third-order valence-corrected chi connectivity index (χ3v) is 5.40. The van der Waals surface area contributed by atoms with Gasteiger partial charge in [-0.15, -0.1) is 0 Å². The quantitative estimate of drug-likeness (QED) is 0.830. The average molecular weight is 364 g/mol. The molecule has 1 aromatic carbocycles. The Morgan fingerprint density at radius 2 is 1.70 bits per heavy atom. The second kappa shape index (κ2) is 7.78. The lowest BCUT2D eigenvalue weighted by Gasteiger charge is -2.37. The highest BCUT2D eigenvalue weighted by molar-refractivity contribution is 5.89. The van der Waals surface area contributed by atoms with Crippen molar-refractivity contribution in [3.63, 3.8) is 0 Å². The van der Waals surface area contributed by atoms with E-state index in [1.807, 2.05) is 35.2 Å². The molecule has 0 spiro atoms. The van der Waals surface area contributed by atoms with Crippen LogP contribution in [0, 0.1) is 5.92 Å². The molecule has 4 rings (SSSR count). The maximum Gasteiger partial charge on any atom is 0.228 e. The highest BCUT2D eigenvalue weighted by atomic mass is 16.2. The molecule has 140 valence electrons. The zero-order valence-electron chi connectivity index (χ0n) is 15.3. The van der Waals surface area contributed by atoms with Crippen LogP contribution in [0.4, 0.5) is 5.69 Å². The first-order valence-electron chi connectivity index (χ1n) is 9.46. The standard InChI is InChI=1S/C21H24N4O2/c26-20-14-18(16-25(20)15-17-6-8-22-9-7-17)21(27)24-12-10-23(11-13-24)19-4-2-1-3-5-19/h1-9,18H,10-16H2. The fraction of sp³-hybridized carbons (Fsp3) is 0.381. The summed E-state index contributed by atoms with van der Waals surface area (Å²) in [7, 11) is 0. The summed E-state index contributed by atoms with van der Waals surface area (Å²) in [6.07, 6.45) is 3.78. The van der Waals surface area contributed by atoms with Gasteiger partial charge in [-0.25, -0.2) is 0 Å². The Balaban J connectivity index is 1.32. The van der Waals surface area contributed by atoms with E-state index < -0.39 is 0 Å². The number of amides is 2. The van der Waals surface area contributed by atoms with Crippen molar-refractivity contribution in [1.82, 2.24) is 14.8 Å². The number of piperazine rings is 1. The van der Waals surface area contributed by atoms with Crippen LogP contribution in [-0.2, 0) is 16.1 Å². The van der Waals surface area contributed by atoms with Crippen LogP contribution in [0.2, 0.25) is 0 Å². The summed E-state index contributed by atoms with van der Waals surface area (Å²) in [4.78, 5) is 35.3. The summed E-state index contributed by atoms with van der Waals surface area (Å²) < 4.78 is 0. The summed E-state index contributed by atoms with van der Waals surface area (Å²) in [5, 5.41) is 0. The second-order valence-electron chi connectivity index (χ2n) is 7.18. The lowest BCUT2D eigenvalue weighted by molar-refractivity contribution is -0.136. The van der Waals surface area contributed by atoms with Crippen LogP contribution >= 0.6 is 0 Å². The zero-order chi connectivity index (χ0) is 18.6. The minimum atomic E-state index is -0.220. The highest BCUT2D eigenvalue weighted by Gasteiger charge is 2.37. The van der Waals surface area contributed by atoms with Crippen LogP contribution < -0.4 is 4.90 Å². The SMILES string of the molecule is O=C1CC(C(=O)N2CCN(c3ccccc3)CC2)CN1Cc1ccncc1. The van der Waals surface area contributed by atoms with E-state index in [-0.39, 0.29) is 17.7 Å². The predicted molar refractivity (Wildman–Crippen MR) is 103 cm³/mol. The van der Waals surface area contributed by atoms with Gasteiger partial charge in [-0.2, -0.15) is 0 Å². The maximum absolute atomic E-state index is 12.9. The van der Waals surface area contributed by atoms with E-state index in [0.717, 1.165) is 18.7 Å². The first-order valence-corrected chi connectivity index (χ1v) is 9.46. The third-order valence-electron chi connectivity index (χ3n) is 5.40. The Morgan fingerprint density at radius 1 is 1.00 bits per heavy atom. The molecule has 0 bridgehead atoms. The van der Waals surface area contributed by atoms with E-state index in [9.17, 15) is 9.59 Å². The summed E-state index contributed by atoms with van der Waals surface area (Å²) in [6, 6.07) is 14.1. The van der Waals surface area contributed by atoms with Crippen molar-refractivity contribution < 1.29 is 9.59 Å². The number of hydrogen-bond acceptors (Lipinski definition) is 4. The molecule has 3 heterocycles. The van der Waals surface area contributed by atoms with Gasteiger partial charge in [0, 0.05) is 63.8 Å². The molecule has 1 atom stereocenters. The Morgan fingerprint density at radius 3 is 2.41 bits per heavy atom. The van der Waals surface area contributed by atoms with Crippen molar-refractivity contribution in [1.29, 1.82) is 0 Å². The number of para-hydroxylation sites is 1. The van der Waals surface area contributed by atoms with Crippen LogP contribution in [0.15, 0.2) is 54.9 Å². The molecule has 2 aliphatic rings.